The van der Waals surface area contributed by atoms with Gasteiger partial charge in [-0.1, -0.05) is 18.2 Å². The molecule has 4 rings (SSSR count). The Kier molecular flexibility index (Phi) is 5.10. The molecule has 28 heavy (non-hydrogen) atoms. The van der Waals surface area contributed by atoms with Gasteiger partial charge in [-0.25, -0.2) is 26.5 Å². The van der Waals surface area contributed by atoms with Crippen LogP contribution in [0, 0.1) is 0 Å². The lowest BCUT2D eigenvalue weighted by Gasteiger charge is -2.30. The molecule has 8 nitrogen and oxygen atoms in total. The zero-order valence-electron chi connectivity index (χ0n) is 15.2. The standard InChI is InChI=1S/C17H21N3O5S3/c1-12-10-20(7-9-27(12,21)22)17-18-16(11-26-17)28(23,24)19-14-6-8-25-15-5-3-2-4-13(14)15/h2-5,11-12,14,19H,6-10H2,1H3/t12-,14?/m1/s1. The van der Waals surface area contributed by atoms with Gasteiger partial charge in [-0.05, 0) is 13.0 Å². The molecule has 1 saturated heterocycles. The lowest BCUT2D eigenvalue weighted by Crippen LogP contribution is -2.45. The average Bonchev–Trinajstić information content (AvgIpc) is 3.15. The predicted octanol–water partition coefficient (Wildman–Crippen LogP) is 1.57. The Balaban J connectivity index is 1.52. The van der Waals surface area contributed by atoms with E-state index in [1.807, 2.05) is 29.2 Å². The van der Waals surface area contributed by atoms with E-state index in [1.165, 1.54) is 16.7 Å². The third-order valence-electron chi connectivity index (χ3n) is 5.01. The summed E-state index contributed by atoms with van der Waals surface area (Å²) in [4.78, 5) is 6.11. The van der Waals surface area contributed by atoms with Crippen LogP contribution in [0.5, 0.6) is 5.75 Å². The van der Waals surface area contributed by atoms with E-state index in [2.05, 4.69) is 9.71 Å². The number of sulfone groups is 1. The van der Waals surface area contributed by atoms with Crippen molar-refractivity contribution < 1.29 is 21.6 Å². The molecule has 1 unspecified atom stereocenters. The summed E-state index contributed by atoms with van der Waals surface area (Å²) in [7, 11) is -6.89. The van der Waals surface area contributed by atoms with Crippen molar-refractivity contribution in [2.24, 2.45) is 0 Å². The van der Waals surface area contributed by atoms with Gasteiger partial charge in [0.25, 0.3) is 10.0 Å². The first-order valence-corrected chi connectivity index (χ1v) is 13.0. The Morgan fingerprint density at radius 3 is 2.89 bits per heavy atom. The lowest BCUT2D eigenvalue weighted by atomic mass is 10.0. The maximum Gasteiger partial charge on any atom is 0.259 e. The molecule has 1 aromatic heterocycles. The van der Waals surface area contributed by atoms with Crippen LogP contribution >= 0.6 is 11.3 Å². The number of sulfonamides is 1. The fourth-order valence-corrected chi connectivity index (χ4v) is 7.02. The normalized spacial score (nSPS) is 24.4. The molecule has 11 heteroatoms. The molecule has 0 amide bonds. The van der Waals surface area contributed by atoms with Gasteiger partial charge in [-0.15, -0.1) is 11.3 Å². The maximum absolute atomic E-state index is 12.9. The molecule has 2 aromatic rings. The van der Waals surface area contributed by atoms with E-state index in [9.17, 15) is 16.8 Å². The first kappa shape index (κ1) is 19.6. The number of nitrogens with one attached hydrogen (secondary N) is 1. The van der Waals surface area contributed by atoms with E-state index in [0.29, 0.717) is 37.0 Å². The molecule has 0 aliphatic carbocycles. The van der Waals surface area contributed by atoms with Crippen molar-refractivity contribution in [2.75, 3.05) is 30.3 Å². The van der Waals surface area contributed by atoms with Gasteiger partial charge >= 0.3 is 0 Å². The highest BCUT2D eigenvalue weighted by atomic mass is 32.2. The van der Waals surface area contributed by atoms with E-state index in [-0.39, 0.29) is 16.8 Å². The number of aromatic nitrogens is 1. The average molecular weight is 444 g/mol. The quantitative estimate of drug-likeness (QED) is 0.764. The number of hydrogen-bond donors (Lipinski definition) is 1. The van der Waals surface area contributed by atoms with Crippen molar-refractivity contribution in [1.82, 2.24) is 9.71 Å². The molecule has 0 bridgehead atoms. The van der Waals surface area contributed by atoms with E-state index >= 15 is 0 Å². The smallest absolute Gasteiger partial charge is 0.259 e. The Bertz CT molecular complexity index is 1080. The van der Waals surface area contributed by atoms with Crippen molar-refractivity contribution in [3.8, 4) is 5.75 Å². The van der Waals surface area contributed by atoms with E-state index < -0.39 is 25.1 Å². The van der Waals surface area contributed by atoms with Crippen molar-refractivity contribution >= 4 is 36.3 Å². The molecule has 0 radical (unpaired) electrons. The minimum absolute atomic E-state index is 0.0439. The number of benzene rings is 1. The number of anilines is 1. The highest BCUT2D eigenvalue weighted by Crippen LogP contribution is 2.33. The van der Waals surface area contributed by atoms with Crippen LogP contribution in [-0.2, 0) is 19.9 Å². The van der Waals surface area contributed by atoms with Gasteiger partial charge in [-0.3, -0.25) is 0 Å². The maximum atomic E-state index is 12.9. The highest BCUT2D eigenvalue weighted by molar-refractivity contribution is 7.92. The molecule has 152 valence electrons. The molecule has 2 aliphatic heterocycles. The third kappa shape index (κ3) is 3.76. The second-order valence-corrected chi connectivity index (χ2v) is 12.0. The third-order valence-corrected chi connectivity index (χ3v) is 9.54. The second kappa shape index (κ2) is 7.29. The summed E-state index contributed by atoms with van der Waals surface area (Å²) in [5.74, 6) is 0.733. The monoisotopic (exact) mass is 443 g/mol. The molecule has 3 heterocycles. The van der Waals surface area contributed by atoms with Crippen molar-refractivity contribution in [2.45, 2.75) is 29.7 Å². The van der Waals surface area contributed by atoms with Gasteiger partial charge in [0.2, 0.25) is 0 Å². The van der Waals surface area contributed by atoms with Gasteiger partial charge in [-0.2, -0.15) is 0 Å². The molecule has 1 fully saturated rings. The zero-order chi connectivity index (χ0) is 19.9. The second-order valence-electron chi connectivity index (χ2n) is 6.94. The van der Waals surface area contributed by atoms with Crippen LogP contribution in [0.4, 0.5) is 5.13 Å². The Hall–Kier alpha value is -1.69. The molecular formula is C17H21N3O5S3. The Labute approximate surface area is 168 Å². The summed E-state index contributed by atoms with van der Waals surface area (Å²) in [6.45, 7) is 2.74. The minimum atomic E-state index is -3.81. The van der Waals surface area contributed by atoms with Crippen molar-refractivity contribution in [3.05, 3.63) is 35.2 Å². The minimum Gasteiger partial charge on any atom is -0.493 e. The molecule has 1 aromatic carbocycles. The molecule has 1 N–H and O–H groups in total. The number of fused-ring (bicyclic) bond motifs is 1. The summed E-state index contributed by atoms with van der Waals surface area (Å²) in [5.41, 5.74) is 0.808. The first-order valence-electron chi connectivity index (χ1n) is 8.92. The summed E-state index contributed by atoms with van der Waals surface area (Å²) >= 11 is 1.21. The number of rotatable bonds is 4. The molecule has 2 atom stereocenters. The number of hydrogen-bond acceptors (Lipinski definition) is 8. The fourth-order valence-electron chi connectivity index (χ4n) is 3.36. The van der Waals surface area contributed by atoms with Crippen LogP contribution in [0.3, 0.4) is 0 Å². The van der Waals surface area contributed by atoms with Crippen molar-refractivity contribution in [3.63, 3.8) is 0 Å². The van der Waals surface area contributed by atoms with Crippen LogP contribution in [0.25, 0.3) is 0 Å². The van der Waals surface area contributed by atoms with Crippen LogP contribution in [0.2, 0.25) is 0 Å². The number of thiazole rings is 1. The predicted molar refractivity (Wildman–Crippen MR) is 107 cm³/mol. The summed E-state index contributed by atoms with van der Waals surface area (Å²) in [6, 6.07) is 7.00. The first-order chi connectivity index (χ1) is 13.3. The van der Waals surface area contributed by atoms with E-state index in [4.69, 9.17) is 4.74 Å². The van der Waals surface area contributed by atoms with Crippen LogP contribution < -0.4 is 14.4 Å². The number of ether oxygens (including phenoxy) is 1. The van der Waals surface area contributed by atoms with Gasteiger partial charge in [0.05, 0.1) is 23.7 Å². The van der Waals surface area contributed by atoms with Crippen LogP contribution in [0.15, 0.2) is 34.7 Å². The van der Waals surface area contributed by atoms with Gasteiger partial charge in [0.15, 0.2) is 20.0 Å². The zero-order valence-corrected chi connectivity index (χ0v) is 17.7. The fraction of sp³-hybridized carbons (Fsp3) is 0.471. The van der Waals surface area contributed by atoms with Crippen LogP contribution in [0.1, 0.15) is 24.9 Å². The van der Waals surface area contributed by atoms with Crippen molar-refractivity contribution in [1.29, 1.82) is 0 Å². The highest BCUT2D eigenvalue weighted by Gasteiger charge is 2.32. The summed E-state index contributed by atoms with van der Waals surface area (Å²) < 4.78 is 57.8. The summed E-state index contributed by atoms with van der Waals surface area (Å²) in [5, 5.41) is 1.48. The molecule has 0 spiro atoms. The van der Waals surface area contributed by atoms with Gasteiger partial charge < -0.3 is 9.64 Å². The number of para-hydroxylation sites is 1. The van der Waals surface area contributed by atoms with Crippen LogP contribution in [-0.4, -0.2) is 52.5 Å². The SMILES string of the molecule is C[C@@H]1CN(c2nc(S(=O)(=O)NC3CCOc4ccccc43)cs2)CCS1(=O)=O. The van der Waals surface area contributed by atoms with E-state index in [1.54, 1.807) is 6.92 Å². The van der Waals surface area contributed by atoms with Gasteiger partial charge in [0, 0.05) is 30.5 Å². The Morgan fingerprint density at radius 2 is 2.11 bits per heavy atom. The molecule has 0 saturated carbocycles. The molecule has 2 aliphatic rings. The topological polar surface area (TPSA) is 106 Å². The van der Waals surface area contributed by atoms with E-state index in [0.717, 1.165) is 5.56 Å². The summed E-state index contributed by atoms with van der Waals surface area (Å²) in [6.07, 6.45) is 0.536. The molecular weight excluding hydrogens is 422 g/mol. The number of nitrogens with zero attached hydrogens (tertiary/aromatic N) is 2. The lowest BCUT2D eigenvalue weighted by molar-refractivity contribution is 0.263. The Morgan fingerprint density at radius 1 is 1.32 bits per heavy atom. The van der Waals surface area contributed by atoms with Gasteiger partial charge in [0.1, 0.15) is 5.75 Å². The largest absolute Gasteiger partial charge is 0.493 e.